The minimum absolute atomic E-state index is 0. The Morgan fingerprint density at radius 1 is 1.38 bits per heavy atom. The van der Waals surface area contributed by atoms with E-state index in [4.69, 9.17) is 4.43 Å². The van der Waals surface area contributed by atoms with E-state index < -0.39 is 8.32 Å². The van der Waals surface area contributed by atoms with Gasteiger partial charge < -0.3 is 4.43 Å². The number of hydrogen-bond acceptors (Lipinski definition) is 2. The molecule has 0 radical (unpaired) electrons. The van der Waals surface area contributed by atoms with Gasteiger partial charge in [0.2, 0.25) is 0 Å². The van der Waals surface area contributed by atoms with Crippen LogP contribution in [0.4, 0.5) is 0 Å². The molecule has 0 aliphatic heterocycles. The van der Waals surface area contributed by atoms with Crippen LogP contribution in [0, 0.1) is 6.07 Å². The van der Waals surface area contributed by atoms with E-state index in [1.165, 1.54) is 0 Å². The van der Waals surface area contributed by atoms with Crippen molar-refractivity contribution in [1.29, 1.82) is 0 Å². The van der Waals surface area contributed by atoms with Crippen LogP contribution in [0.3, 0.4) is 0 Å². The number of pyridine rings is 1. The van der Waals surface area contributed by atoms with Crippen molar-refractivity contribution in [1.82, 2.24) is 4.98 Å². The topological polar surface area (TPSA) is 22.1 Å². The largest absolute Gasteiger partial charge is 1.00 e. The molecule has 0 bridgehead atoms. The zero-order valence-electron chi connectivity index (χ0n) is 11.3. The molecule has 1 rings (SSSR count). The Morgan fingerprint density at radius 3 is 2.44 bits per heavy atom. The molecule has 0 saturated carbocycles. The second-order valence-electron chi connectivity index (χ2n) is 5.30. The minimum Gasteiger partial charge on any atom is -0.413 e. The number of aromatic nitrogens is 1. The molecule has 0 aromatic carbocycles. The van der Waals surface area contributed by atoms with Crippen LogP contribution >= 0.6 is 0 Å². The Balaban J connectivity index is 0.00000225. The molecule has 0 spiro atoms. The van der Waals surface area contributed by atoms with Crippen molar-refractivity contribution in [2.45, 2.75) is 45.5 Å². The third-order valence-electron chi connectivity index (χ3n) is 3.06. The van der Waals surface area contributed by atoms with Crippen LogP contribution in [-0.4, -0.2) is 13.3 Å². The average Bonchev–Trinajstić information content (AvgIpc) is 2.15. The maximum absolute atomic E-state index is 6.04. The first kappa shape index (κ1) is 15.9. The Morgan fingerprint density at radius 2 is 2.00 bits per heavy atom. The second kappa shape index (κ2) is 6.02. The summed E-state index contributed by atoms with van der Waals surface area (Å²) in [6.45, 7) is 11.8. The number of rotatable bonds is 3. The molecular formula is C12H20LiNOSi. The normalized spacial score (nSPS) is 12.1. The van der Waals surface area contributed by atoms with Crippen molar-refractivity contribution in [3.8, 4) is 0 Å². The van der Waals surface area contributed by atoms with E-state index in [0.29, 0.717) is 6.61 Å². The summed E-state index contributed by atoms with van der Waals surface area (Å²) in [5.74, 6) is 0. The molecule has 0 N–H and O–H groups in total. The third-order valence-corrected chi connectivity index (χ3v) is 7.54. The van der Waals surface area contributed by atoms with E-state index >= 15 is 0 Å². The van der Waals surface area contributed by atoms with E-state index in [0.717, 1.165) is 5.69 Å². The van der Waals surface area contributed by atoms with E-state index in [1.807, 2.05) is 12.1 Å². The fraction of sp³-hybridized carbons (Fsp3) is 0.583. The molecule has 0 fully saturated rings. The predicted molar refractivity (Wildman–Crippen MR) is 65.1 cm³/mol. The SMILES string of the molecule is CC(C)(C)[Si](C)(C)OCc1cc[c-]cn1.[Li+]. The summed E-state index contributed by atoms with van der Waals surface area (Å²) in [5, 5.41) is 0.258. The van der Waals surface area contributed by atoms with Gasteiger partial charge in [0.1, 0.15) is 0 Å². The maximum Gasteiger partial charge on any atom is 1.00 e. The fourth-order valence-electron chi connectivity index (χ4n) is 0.907. The van der Waals surface area contributed by atoms with E-state index in [-0.39, 0.29) is 23.9 Å². The van der Waals surface area contributed by atoms with Crippen molar-refractivity contribution < 1.29 is 23.3 Å². The summed E-state index contributed by atoms with van der Waals surface area (Å²) in [4.78, 5) is 4.21. The molecule has 0 aliphatic rings. The average molecular weight is 229 g/mol. The van der Waals surface area contributed by atoms with Crippen LogP contribution < -0.4 is 18.9 Å². The van der Waals surface area contributed by atoms with Crippen LogP contribution in [0.25, 0.3) is 0 Å². The minimum atomic E-state index is -1.64. The Labute approximate surface area is 112 Å². The predicted octanol–water partition coefficient (Wildman–Crippen LogP) is 0.408. The van der Waals surface area contributed by atoms with Crippen LogP contribution in [0.1, 0.15) is 26.5 Å². The maximum atomic E-state index is 6.04. The molecule has 16 heavy (non-hydrogen) atoms. The van der Waals surface area contributed by atoms with Gasteiger partial charge in [0.15, 0.2) is 8.32 Å². The molecule has 0 aliphatic carbocycles. The first-order valence-corrected chi connectivity index (χ1v) is 8.19. The van der Waals surface area contributed by atoms with Gasteiger partial charge in [-0.2, -0.15) is 6.07 Å². The number of nitrogens with zero attached hydrogens (tertiary/aromatic N) is 1. The Kier molecular flexibility index (Phi) is 5.99. The van der Waals surface area contributed by atoms with E-state index in [2.05, 4.69) is 44.9 Å². The Hall–Kier alpha value is -0.0757. The smallest absolute Gasteiger partial charge is 0.413 e. The van der Waals surface area contributed by atoms with Gasteiger partial charge >= 0.3 is 18.9 Å². The van der Waals surface area contributed by atoms with Gasteiger partial charge in [0.05, 0.1) is 6.61 Å². The quantitative estimate of drug-likeness (QED) is 0.553. The standard InChI is InChI=1S/C12H20NOSi.Li/c1-12(2,3)15(4,5)14-10-11-8-6-7-9-13-11;/h6,8-9H,10H2,1-5H3;/q-1;+1. The Bertz CT molecular complexity index is 309. The summed E-state index contributed by atoms with van der Waals surface area (Å²) in [6.07, 6.45) is 1.68. The molecule has 0 saturated heterocycles. The second-order valence-corrected chi connectivity index (χ2v) is 10.1. The van der Waals surface area contributed by atoms with Gasteiger partial charge in [-0.05, 0) is 23.8 Å². The van der Waals surface area contributed by atoms with Crippen molar-refractivity contribution >= 4 is 8.32 Å². The van der Waals surface area contributed by atoms with Crippen molar-refractivity contribution in [3.05, 3.63) is 30.1 Å². The summed E-state index contributed by atoms with van der Waals surface area (Å²) >= 11 is 0. The molecular weight excluding hydrogens is 209 g/mol. The zero-order valence-corrected chi connectivity index (χ0v) is 12.3. The number of hydrogen-bond donors (Lipinski definition) is 0. The summed E-state index contributed by atoms with van der Waals surface area (Å²) in [5.41, 5.74) is 0.985. The van der Waals surface area contributed by atoms with Gasteiger partial charge in [0, 0.05) is 0 Å². The molecule has 4 heteroatoms. The zero-order chi connectivity index (χ0) is 11.5. The van der Waals surface area contributed by atoms with Gasteiger partial charge in [-0.15, -0.1) is 0 Å². The van der Waals surface area contributed by atoms with Crippen LogP contribution in [0.5, 0.6) is 0 Å². The summed E-state index contributed by atoms with van der Waals surface area (Å²) in [6, 6.07) is 6.73. The molecule has 0 unspecified atom stereocenters. The molecule has 1 heterocycles. The monoisotopic (exact) mass is 229 g/mol. The van der Waals surface area contributed by atoms with Crippen molar-refractivity contribution in [2.24, 2.45) is 0 Å². The fourth-order valence-corrected chi connectivity index (χ4v) is 1.85. The van der Waals surface area contributed by atoms with Crippen LogP contribution in [0.2, 0.25) is 18.1 Å². The molecule has 84 valence electrons. The van der Waals surface area contributed by atoms with Gasteiger partial charge in [-0.3, -0.25) is 4.98 Å². The van der Waals surface area contributed by atoms with Gasteiger partial charge in [-0.25, -0.2) is 12.1 Å². The molecule has 0 atom stereocenters. The van der Waals surface area contributed by atoms with Gasteiger partial charge in [-0.1, -0.05) is 27.0 Å². The summed E-state index contributed by atoms with van der Waals surface area (Å²) in [7, 11) is -1.64. The molecule has 0 amide bonds. The molecule has 2 nitrogen and oxygen atoms in total. The first-order valence-electron chi connectivity index (χ1n) is 5.28. The van der Waals surface area contributed by atoms with Crippen LogP contribution in [-0.2, 0) is 11.0 Å². The third kappa shape index (κ3) is 4.43. The van der Waals surface area contributed by atoms with E-state index in [9.17, 15) is 0 Å². The summed E-state index contributed by atoms with van der Waals surface area (Å²) < 4.78 is 6.04. The van der Waals surface area contributed by atoms with E-state index in [1.54, 1.807) is 6.20 Å². The van der Waals surface area contributed by atoms with Crippen molar-refractivity contribution in [2.75, 3.05) is 0 Å². The first-order chi connectivity index (χ1) is 6.83. The van der Waals surface area contributed by atoms with Gasteiger partial charge in [0.25, 0.3) is 0 Å². The molecule has 1 aromatic heterocycles. The van der Waals surface area contributed by atoms with Crippen LogP contribution in [0.15, 0.2) is 18.3 Å². The van der Waals surface area contributed by atoms with Crippen molar-refractivity contribution in [3.63, 3.8) is 0 Å². The molecule has 1 aromatic rings.